The molecular formula is C14H22N2O3S. The van der Waals surface area contributed by atoms with Gasteiger partial charge in [-0.1, -0.05) is 32.9 Å². The van der Waals surface area contributed by atoms with Crippen LogP contribution in [-0.4, -0.2) is 40.9 Å². The largest absolute Gasteiger partial charge is 0.495 e. The highest BCUT2D eigenvalue weighted by Gasteiger charge is 2.28. The van der Waals surface area contributed by atoms with Gasteiger partial charge in [0.2, 0.25) is 0 Å². The minimum Gasteiger partial charge on any atom is -0.495 e. The average Bonchev–Trinajstić information content (AvgIpc) is 2.34. The van der Waals surface area contributed by atoms with Crippen molar-refractivity contribution in [2.24, 2.45) is 4.40 Å². The van der Waals surface area contributed by atoms with E-state index in [0.717, 1.165) is 0 Å². The number of hydrogen-bond acceptors (Lipinski definition) is 3. The van der Waals surface area contributed by atoms with E-state index in [9.17, 15) is 8.42 Å². The first-order chi connectivity index (χ1) is 9.09. The predicted molar refractivity (Wildman–Crippen MR) is 81.1 cm³/mol. The molecule has 0 fully saturated rings. The van der Waals surface area contributed by atoms with E-state index < -0.39 is 10.0 Å². The van der Waals surface area contributed by atoms with Crippen molar-refractivity contribution in [1.82, 2.24) is 4.90 Å². The Balaban J connectivity index is 3.57. The van der Waals surface area contributed by atoms with E-state index in [1.165, 1.54) is 13.4 Å². The fourth-order valence-corrected chi connectivity index (χ4v) is 3.22. The van der Waals surface area contributed by atoms with E-state index in [1.54, 1.807) is 37.2 Å². The molecule has 0 amide bonds. The lowest BCUT2D eigenvalue weighted by Crippen LogP contribution is -2.18. The lowest BCUT2D eigenvalue weighted by Gasteiger charge is -2.23. The summed E-state index contributed by atoms with van der Waals surface area (Å²) in [6.45, 7) is 5.86. The number of rotatable bonds is 4. The summed E-state index contributed by atoms with van der Waals surface area (Å²) in [4.78, 5) is 1.71. The van der Waals surface area contributed by atoms with Crippen LogP contribution in [0.5, 0.6) is 5.75 Å². The Kier molecular flexibility index (Phi) is 4.81. The van der Waals surface area contributed by atoms with E-state index in [4.69, 9.17) is 4.74 Å². The van der Waals surface area contributed by atoms with Gasteiger partial charge in [0.1, 0.15) is 17.0 Å². The molecule has 0 aliphatic carbocycles. The summed E-state index contributed by atoms with van der Waals surface area (Å²) in [6, 6.07) is 5.21. The minimum absolute atomic E-state index is 0.133. The molecule has 0 saturated heterocycles. The van der Waals surface area contributed by atoms with Gasteiger partial charge in [-0.25, -0.2) is 0 Å². The highest BCUT2D eigenvalue weighted by atomic mass is 32.2. The van der Waals surface area contributed by atoms with Crippen LogP contribution in [0.3, 0.4) is 0 Å². The molecule has 0 saturated carbocycles. The maximum Gasteiger partial charge on any atom is 0.287 e. The summed E-state index contributed by atoms with van der Waals surface area (Å²) in [5, 5.41) is 0. The van der Waals surface area contributed by atoms with Crippen LogP contribution in [0.15, 0.2) is 27.5 Å². The van der Waals surface area contributed by atoms with Crippen molar-refractivity contribution in [3.8, 4) is 5.75 Å². The Morgan fingerprint density at radius 1 is 1.25 bits per heavy atom. The zero-order valence-corrected chi connectivity index (χ0v) is 13.7. The van der Waals surface area contributed by atoms with Gasteiger partial charge in [0.15, 0.2) is 0 Å². The predicted octanol–water partition coefficient (Wildman–Crippen LogP) is 2.27. The number of methoxy groups -OCH3 is 1. The Labute approximate surface area is 121 Å². The number of sulfonamides is 1. The Morgan fingerprint density at radius 3 is 2.30 bits per heavy atom. The third-order valence-corrected chi connectivity index (χ3v) is 3.99. The van der Waals surface area contributed by atoms with Crippen molar-refractivity contribution < 1.29 is 13.2 Å². The number of nitrogens with zero attached hydrogens (tertiary/aromatic N) is 2. The van der Waals surface area contributed by atoms with Crippen molar-refractivity contribution in [2.75, 3.05) is 21.2 Å². The molecule has 1 aromatic rings. The Bertz CT molecular complexity index is 599. The van der Waals surface area contributed by atoms with Crippen LogP contribution in [-0.2, 0) is 15.4 Å². The van der Waals surface area contributed by atoms with Crippen LogP contribution in [0.2, 0.25) is 0 Å². The van der Waals surface area contributed by atoms with Crippen molar-refractivity contribution in [2.45, 2.75) is 31.1 Å². The third-order valence-electron chi connectivity index (χ3n) is 2.68. The molecule has 0 N–H and O–H groups in total. The van der Waals surface area contributed by atoms with E-state index in [0.29, 0.717) is 11.3 Å². The molecule has 0 unspecified atom stereocenters. The molecule has 0 spiro atoms. The van der Waals surface area contributed by atoms with Gasteiger partial charge in [0.05, 0.1) is 7.11 Å². The monoisotopic (exact) mass is 298 g/mol. The van der Waals surface area contributed by atoms with Crippen LogP contribution < -0.4 is 4.74 Å². The smallest absolute Gasteiger partial charge is 0.287 e. The van der Waals surface area contributed by atoms with Crippen LogP contribution >= 0.6 is 0 Å². The second kappa shape index (κ2) is 5.83. The van der Waals surface area contributed by atoms with Gasteiger partial charge in [-0.2, -0.15) is 8.42 Å². The second-order valence-corrected chi connectivity index (χ2v) is 7.32. The quantitative estimate of drug-likeness (QED) is 0.632. The molecule has 5 nitrogen and oxygen atoms in total. The standard InChI is InChI=1S/C14H22N2O3S/c1-14(2,3)11-8-7-9-12(19-6)13(11)20(17,18)15-10-16(4)5/h7-10H,1-6H3. The van der Waals surface area contributed by atoms with Crippen molar-refractivity contribution >= 4 is 16.4 Å². The normalized spacial score (nSPS) is 12.7. The van der Waals surface area contributed by atoms with Crippen molar-refractivity contribution in [3.63, 3.8) is 0 Å². The van der Waals surface area contributed by atoms with E-state index in [-0.39, 0.29) is 10.3 Å². The van der Waals surface area contributed by atoms with Crippen LogP contribution in [0.1, 0.15) is 26.3 Å². The summed E-state index contributed by atoms with van der Waals surface area (Å²) in [7, 11) is 1.07. The lowest BCUT2D eigenvalue weighted by molar-refractivity contribution is 0.398. The van der Waals surface area contributed by atoms with Gasteiger partial charge < -0.3 is 9.64 Å². The molecule has 0 aromatic heterocycles. The van der Waals surface area contributed by atoms with Crippen molar-refractivity contribution in [3.05, 3.63) is 23.8 Å². The topological polar surface area (TPSA) is 59.0 Å². The van der Waals surface area contributed by atoms with Crippen molar-refractivity contribution in [1.29, 1.82) is 0 Å². The molecule has 6 heteroatoms. The Hall–Kier alpha value is -1.56. The summed E-state index contributed by atoms with van der Waals surface area (Å²) < 4.78 is 33.9. The number of benzene rings is 1. The van der Waals surface area contributed by atoms with Gasteiger partial charge >= 0.3 is 0 Å². The van der Waals surface area contributed by atoms with Gasteiger partial charge in [-0.05, 0) is 17.0 Å². The summed E-state index contributed by atoms with van der Waals surface area (Å²) >= 11 is 0. The first-order valence-electron chi connectivity index (χ1n) is 6.24. The average molecular weight is 298 g/mol. The van der Waals surface area contributed by atoms with E-state index in [1.807, 2.05) is 20.8 Å². The highest BCUT2D eigenvalue weighted by Crippen LogP contribution is 2.36. The molecule has 0 heterocycles. The summed E-state index contributed by atoms with van der Waals surface area (Å²) in [5.74, 6) is 0.313. The number of ether oxygens (including phenoxy) is 1. The molecule has 0 aliphatic heterocycles. The zero-order chi connectivity index (χ0) is 15.6. The van der Waals surface area contributed by atoms with Crippen LogP contribution in [0.4, 0.5) is 0 Å². The van der Waals surface area contributed by atoms with Crippen LogP contribution in [0, 0.1) is 0 Å². The second-order valence-electron chi connectivity index (χ2n) is 5.75. The van der Waals surface area contributed by atoms with Gasteiger partial charge in [-0.15, -0.1) is 4.40 Å². The first kappa shape index (κ1) is 16.5. The van der Waals surface area contributed by atoms with Gasteiger partial charge in [0, 0.05) is 14.1 Å². The lowest BCUT2D eigenvalue weighted by atomic mass is 9.87. The molecule has 0 bridgehead atoms. The first-order valence-corrected chi connectivity index (χ1v) is 7.68. The molecule has 20 heavy (non-hydrogen) atoms. The third kappa shape index (κ3) is 3.72. The maximum absolute atomic E-state index is 12.5. The van der Waals surface area contributed by atoms with Crippen LogP contribution in [0.25, 0.3) is 0 Å². The van der Waals surface area contributed by atoms with E-state index >= 15 is 0 Å². The summed E-state index contributed by atoms with van der Waals surface area (Å²) in [6.07, 6.45) is 1.27. The molecule has 112 valence electrons. The molecule has 1 aromatic carbocycles. The van der Waals surface area contributed by atoms with Gasteiger partial charge in [0.25, 0.3) is 10.0 Å². The molecular weight excluding hydrogens is 276 g/mol. The fraction of sp³-hybridized carbons (Fsp3) is 0.500. The molecule has 1 rings (SSSR count). The van der Waals surface area contributed by atoms with Gasteiger partial charge in [-0.3, -0.25) is 0 Å². The molecule has 0 aliphatic rings. The minimum atomic E-state index is -3.81. The zero-order valence-electron chi connectivity index (χ0n) is 12.8. The maximum atomic E-state index is 12.5. The Morgan fingerprint density at radius 2 is 1.85 bits per heavy atom. The number of hydrogen-bond donors (Lipinski definition) is 0. The fourth-order valence-electron chi connectivity index (χ4n) is 1.74. The highest BCUT2D eigenvalue weighted by molar-refractivity contribution is 7.90. The van der Waals surface area contributed by atoms with E-state index in [2.05, 4.69) is 4.40 Å². The molecule has 0 atom stereocenters. The SMILES string of the molecule is COc1cccc(C(C)(C)C)c1S(=O)(=O)N=CN(C)C. The molecule has 0 radical (unpaired) electrons. The summed E-state index contributed by atoms with van der Waals surface area (Å²) in [5.41, 5.74) is 0.359.